The van der Waals surface area contributed by atoms with Crippen molar-refractivity contribution in [2.24, 2.45) is 0 Å². The van der Waals surface area contributed by atoms with Crippen LogP contribution in [0.15, 0.2) is 50.8 Å². The van der Waals surface area contributed by atoms with Crippen LogP contribution in [0.1, 0.15) is 0 Å². The summed E-state index contributed by atoms with van der Waals surface area (Å²) in [5.41, 5.74) is 0. The Kier molecular flexibility index (Phi) is 3.87. The van der Waals surface area contributed by atoms with Gasteiger partial charge in [0, 0.05) is 0 Å². The fourth-order valence-corrected chi connectivity index (χ4v) is 1.99. The van der Waals surface area contributed by atoms with Crippen LogP contribution in [0.2, 0.25) is 0 Å². The molecule has 0 aromatic carbocycles. The molecule has 6 heteroatoms. The predicted molar refractivity (Wildman–Crippen MR) is 52.8 cm³/mol. The Balaban J connectivity index is 0.000000165. The third kappa shape index (κ3) is 3.73. The summed E-state index contributed by atoms with van der Waals surface area (Å²) in [6.07, 6.45) is 3.25. The molecule has 2 rings (SSSR count). The smallest absolute Gasteiger partial charge is 0.304 e. The summed E-state index contributed by atoms with van der Waals surface area (Å²) >= 11 is 0.992. The van der Waals surface area contributed by atoms with Crippen LogP contribution in [-0.2, 0) is 10.1 Å². The average Bonchev–Trinajstić information content (AvgIpc) is 2.80. The van der Waals surface area contributed by atoms with E-state index in [1.54, 1.807) is 24.0 Å². The van der Waals surface area contributed by atoms with Crippen LogP contribution in [0, 0.1) is 0 Å². The molecule has 0 aliphatic rings. The lowest BCUT2D eigenvalue weighted by Crippen LogP contribution is -1.92. The lowest BCUT2D eigenvalue weighted by molar-refractivity contribution is 0.485. The molecule has 0 amide bonds. The number of hydrogen-bond donors (Lipinski definition) is 1. The summed E-state index contributed by atoms with van der Waals surface area (Å²) in [5.74, 6) is 0. The van der Waals surface area contributed by atoms with Gasteiger partial charge in [0.25, 0.3) is 0 Å². The molecule has 0 unspecified atom stereocenters. The lowest BCUT2D eigenvalue weighted by atomic mass is 10.7. The molecule has 0 aliphatic heterocycles. The molecular formula is C8H8O4S2. The molecule has 2 heterocycles. The number of furan rings is 1. The Morgan fingerprint density at radius 3 is 2.07 bits per heavy atom. The maximum atomic E-state index is 10.3. The van der Waals surface area contributed by atoms with Gasteiger partial charge in [-0.2, -0.15) is 8.42 Å². The van der Waals surface area contributed by atoms with Crippen LogP contribution in [0.4, 0.5) is 0 Å². The molecule has 0 fully saturated rings. The molecule has 0 saturated carbocycles. The van der Waals surface area contributed by atoms with E-state index in [4.69, 9.17) is 4.55 Å². The zero-order valence-electron chi connectivity index (χ0n) is 7.03. The third-order valence-electron chi connectivity index (χ3n) is 1.17. The molecule has 0 bridgehead atoms. The molecule has 0 aliphatic carbocycles. The zero-order valence-corrected chi connectivity index (χ0v) is 8.66. The van der Waals surface area contributed by atoms with Crippen molar-refractivity contribution in [2.45, 2.75) is 4.21 Å². The monoisotopic (exact) mass is 232 g/mol. The van der Waals surface area contributed by atoms with Crippen LogP contribution in [0.25, 0.3) is 0 Å². The first-order valence-electron chi connectivity index (χ1n) is 3.59. The standard InChI is InChI=1S/C4H4O3S2.C4H4O/c5-9(6,7)4-2-1-3-8-4;1-2-4-5-3-1/h1-3H,(H,5,6,7);1-4H. The van der Waals surface area contributed by atoms with Gasteiger partial charge in [-0.3, -0.25) is 4.55 Å². The molecule has 1 N–H and O–H groups in total. The molecule has 14 heavy (non-hydrogen) atoms. The predicted octanol–water partition coefficient (Wildman–Crippen LogP) is 2.27. The van der Waals surface area contributed by atoms with Gasteiger partial charge in [0.05, 0.1) is 12.5 Å². The molecule has 76 valence electrons. The number of hydrogen-bond acceptors (Lipinski definition) is 4. The Bertz CT molecular complexity index is 410. The lowest BCUT2D eigenvalue weighted by Gasteiger charge is -1.84. The summed E-state index contributed by atoms with van der Waals surface area (Å²) < 4.78 is 33.5. The van der Waals surface area contributed by atoms with Crippen molar-refractivity contribution in [3.05, 3.63) is 42.2 Å². The van der Waals surface area contributed by atoms with Crippen LogP contribution in [0.5, 0.6) is 0 Å². The highest BCUT2D eigenvalue weighted by atomic mass is 32.3. The highest BCUT2D eigenvalue weighted by Crippen LogP contribution is 2.14. The summed E-state index contributed by atoms with van der Waals surface area (Å²) in [5, 5.41) is 1.59. The van der Waals surface area contributed by atoms with Gasteiger partial charge in [0.2, 0.25) is 0 Å². The van der Waals surface area contributed by atoms with E-state index in [0.717, 1.165) is 11.3 Å². The van der Waals surface area contributed by atoms with E-state index >= 15 is 0 Å². The minimum Gasteiger partial charge on any atom is -0.473 e. The maximum Gasteiger partial charge on any atom is 0.304 e. The fourth-order valence-electron chi connectivity index (χ4n) is 0.637. The first-order chi connectivity index (χ1) is 6.61. The minimum atomic E-state index is -3.94. The first kappa shape index (κ1) is 11.0. The third-order valence-corrected chi connectivity index (χ3v) is 3.40. The molecule has 2 aromatic rings. The second-order valence-corrected chi connectivity index (χ2v) is 4.80. The van der Waals surface area contributed by atoms with E-state index < -0.39 is 10.1 Å². The van der Waals surface area contributed by atoms with Crippen molar-refractivity contribution >= 4 is 21.5 Å². The van der Waals surface area contributed by atoms with Crippen molar-refractivity contribution in [1.82, 2.24) is 0 Å². The summed E-state index contributed by atoms with van der Waals surface area (Å²) in [4.78, 5) is 0. The Hall–Kier alpha value is -1.11. The van der Waals surface area contributed by atoms with Crippen LogP contribution in [0.3, 0.4) is 0 Å². The minimum absolute atomic E-state index is 0.0116. The van der Waals surface area contributed by atoms with Gasteiger partial charge >= 0.3 is 10.1 Å². The van der Waals surface area contributed by atoms with Gasteiger partial charge < -0.3 is 4.42 Å². The van der Waals surface area contributed by atoms with Gasteiger partial charge in [0.15, 0.2) is 0 Å². The molecule has 0 spiro atoms. The number of rotatable bonds is 1. The topological polar surface area (TPSA) is 67.5 Å². The second-order valence-electron chi connectivity index (χ2n) is 2.20. The molecule has 0 atom stereocenters. The molecule has 2 aromatic heterocycles. The van der Waals surface area contributed by atoms with Crippen molar-refractivity contribution in [1.29, 1.82) is 0 Å². The van der Waals surface area contributed by atoms with Crippen LogP contribution in [-0.4, -0.2) is 13.0 Å². The highest BCUT2D eigenvalue weighted by Gasteiger charge is 2.08. The van der Waals surface area contributed by atoms with Crippen LogP contribution >= 0.6 is 11.3 Å². The Morgan fingerprint density at radius 1 is 1.21 bits per heavy atom. The van der Waals surface area contributed by atoms with Gasteiger partial charge in [-0.1, -0.05) is 6.07 Å². The van der Waals surface area contributed by atoms with Crippen molar-refractivity contribution in [3.63, 3.8) is 0 Å². The van der Waals surface area contributed by atoms with E-state index in [0.29, 0.717) is 0 Å². The quantitative estimate of drug-likeness (QED) is 0.766. The Morgan fingerprint density at radius 2 is 1.86 bits per heavy atom. The van der Waals surface area contributed by atoms with Gasteiger partial charge in [0.1, 0.15) is 4.21 Å². The summed E-state index contributed by atoms with van der Waals surface area (Å²) in [6, 6.07) is 6.58. The number of thiophene rings is 1. The van der Waals surface area contributed by atoms with Crippen LogP contribution < -0.4 is 0 Å². The molecule has 4 nitrogen and oxygen atoms in total. The van der Waals surface area contributed by atoms with Crippen molar-refractivity contribution < 1.29 is 17.4 Å². The van der Waals surface area contributed by atoms with E-state index in [1.807, 2.05) is 12.1 Å². The zero-order chi connectivity index (χ0) is 10.4. The molecule has 0 radical (unpaired) electrons. The SMILES string of the molecule is O=S(=O)(O)c1cccs1.c1ccoc1. The van der Waals surface area contributed by atoms with E-state index in [9.17, 15) is 8.42 Å². The first-order valence-corrected chi connectivity index (χ1v) is 5.91. The Labute approximate surface area is 85.6 Å². The average molecular weight is 232 g/mol. The van der Waals surface area contributed by atoms with Gasteiger partial charge in [-0.05, 0) is 23.6 Å². The van der Waals surface area contributed by atoms with Crippen molar-refractivity contribution in [3.8, 4) is 0 Å². The van der Waals surface area contributed by atoms with E-state index in [2.05, 4.69) is 4.42 Å². The normalized spacial score (nSPS) is 10.4. The summed E-state index contributed by atoms with van der Waals surface area (Å²) in [7, 11) is -3.94. The van der Waals surface area contributed by atoms with Gasteiger partial charge in [-0.25, -0.2) is 0 Å². The highest BCUT2D eigenvalue weighted by molar-refractivity contribution is 7.88. The molecular weight excluding hydrogens is 224 g/mol. The maximum absolute atomic E-state index is 10.3. The van der Waals surface area contributed by atoms with E-state index in [1.165, 1.54) is 6.07 Å². The van der Waals surface area contributed by atoms with Crippen molar-refractivity contribution in [2.75, 3.05) is 0 Å². The molecule has 0 saturated heterocycles. The summed E-state index contributed by atoms with van der Waals surface area (Å²) in [6.45, 7) is 0. The second kappa shape index (κ2) is 4.94. The van der Waals surface area contributed by atoms with Gasteiger partial charge in [-0.15, -0.1) is 11.3 Å². The fraction of sp³-hybridized carbons (Fsp3) is 0. The largest absolute Gasteiger partial charge is 0.473 e. The van der Waals surface area contributed by atoms with E-state index in [-0.39, 0.29) is 4.21 Å².